The van der Waals surface area contributed by atoms with Gasteiger partial charge in [-0.05, 0) is 85.9 Å². The minimum Gasteiger partial charge on any atom is -0.463 e. The summed E-state index contributed by atoms with van der Waals surface area (Å²) in [6.45, 7) is 8.65. The summed E-state index contributed by atoms with van der Waals surface area (Å²) >= 11 is 0. The molecule has 0 N–H and O–H groups in total. The topological polar surface area (TPSA) is 52.6 Å². The first-order chi connectivity index (χ1) is 13.2. The first-order valence-electron chi connectivity index (χ1n) is 11.6. The number of carbonyl (C=O) groups excluding carboxylic acids is 2. The van der Waals surface area contributed by atoms with Crippen LogP contribution in [0.4, 0.5) is 0 Å². The van der Waals surface area contributed by atoms with Gasteiger partial charge >= 0.3 is 11.9 Å². The lowest BCUT2D eigenvalue weighted by Crippen LogP contribution is -2.54. The van der Waals surface area contributed by atoms with E-state index in [0.29, 0.717) is 23.2 Å². The fraction of sp³-hybridized carbons (Fsp3) is 0.917. The molecule has 0 spiro atoms. The zero-order chi connectivity index (χ0) is 19.8. The summed E-state index contributed by atoms with van der Waals surface area (Å²) in [7, 11) is 0. The molecule has 0 aromatic rings. The first-order valence-corrected chi connectivity index (χ1v) is 11.6. The summed E-state index contributed by atoms with van der Waals surface area (Å²) in [6.07, 6.45) is 9.79. The van der Waals surface area contributed by atoms with Crippen LogP contribution in [0, 0.1) is 46.3 Å². The van der Waals surface area contributed by atoms with E-state index in [4.69, 9.17) is 9.47 Å². The molecule has 0 bridgehead atoms. The van der Waals surface area contributed by atoms with Crippen molar-refractivity contribution < 1.29 is 19.1 Å². The number of ether oxygens (including phenoxy) is 2. The SMILES string of the molecule is CC(=O)O[C@H]1CC[C@@]2(C)[C@@H](CC[C@@H]3[C@@H]2CC[C@]2(C)[C@H]4[C@@H](C[C@@H]32)OC(=O)[C@@H]4C)C1. The molecule has 1 heterocycles. The van der Waals surface area contributed by atoms with Crippen LogP contribution in [-0.2, 0) is 19.1 Å². The Kier molecular flexibility index (Phi) is 4.21. The summed E-state index contributed by atoms with van der Waals surface area (Å²) in [5, 5.41) is 0. The van der Waals surface area contributed by atoms with Gasteiger partial charge < -0.3 is 9.47 Å². The molecule has 4 heteroatoms. The van der Waals surface area contributed by atoms with Crippen LogP contribution in [0.1, 0.15) is 79.1 Å². The van der Waals surface area contributed by atoms with Gasteiger partial charge in [-0.2, -0.15) is 0 Å². The molecule has 156 valence electrons. The Morgan fingerprint density at radius 3 is 2.54 bits per heavy atom. The maximum atomic E-state index is 12.2. The molecule has 1 aliphatic heterocycles. The Morgan fingerprint density at radius 2 is 1.79 bits per heavy atom. The van der Waals surface area contributed by atoms with Gasteiger partial charge in [-0.25, -0.2) is 0 Å². The van der Waals surface area contributed by atoms with Crippen molar-refractivity contribution in [2.75, 3.05) is 0 Å². The highest BCUT2D eigenvalue weighted by atomic mass is 16.6. The predicted octanol–water partition coefficient (Wildman–Crippen LogP) is 4.75. The number of carbonyl (C=O) groups is 2. The predicted molar refractivity (Wildman–Crippen MR) is 105 cm³/mol. The highest BCUT2D eigenvalue weighted by Crippen LogP contribution is 2.69. The van der Waals surface area contributed by atoms with E-state index in [9.17, 15) is 9.59 Å². The molecule has 5 aliphatic rings. The van der Waals surface area contributed by atoms with Crippen molar-refractivity contribution in [3.63, 3.8) is 0 Å². The summed E-state index contributed by atoms with van der Waals surface area (Å²) in [4.78, 5) is 23.6. The number of rotatable bonds is 1. The third-order valence-electron chi connectivity index (χ3n) is 10.2. The Hall–Kier alpha value is -1.06. The van der Waals surface area contributed by atoms with Crippen LogP contribution >= 0.6 is 0 Å². The molecule has 4 saturated carbocycles. The van der Waals surface area contributed by atoms with Gasteiger partial charge in [-0.3, -0.25) is 9.59 Å². The standard InChI is InChI=1S/C24H36O4/c1-13-21-20(28-22(13)26)12-19-17-6-5-15-11-16(27-14(2)25)7-9-23(15,3)18(17)8-10-24(19,21)4/h13,15-21H,5-12H2,1-4H3/t13-,15+,16+,17-,18+,19+,20-,21-,23+,24+/m1/s1. The third kappa shape index (κ3) is 2.48. The molecular formula is C24H36O4. The van der Waals surface area contributed by atoms with Crippen molar-refractivity contribution in [3.8, 4) is 0 Å². The molecule has 1 saturated heterocycles. The van der Waals surface area contributed by atoms with E-state index in [2.05, 4.69) is 20.8 Å². The minimum absolute atomic E-state index is 0.0382. The zero-order valence-electron chi connectivity index (χ0n) is 17.9. The molecule has 5 fully saturated rings. The number of hydrogen-bond donors (Lipinski definition) is 0. The molecule has 0 radical (unpaired) electrons. The summed E-state index contributed by atoms with van der Waals surface area (Å²) in [5.41, 5.74) is 0.663. The molecule has 0 unspecified atom stereocenters. The second kappa shape index (κ2) is 6.22. The Balaban J connectivity index is 1.37. The average molecular weight is 389 g/mol. The minimum atomic E-state index is -0.128. The van der Waals surface area contributed by atoms with Gasteiger partial charge in [0.1, 0.15) is 12.2 Å². The maximum Gasteiger partial charge on any atom is 0.309 e. The quantitative estimate of drug-likeness (QED) is 0.608. The number of hydrogen-bond acceptors (Lipinski definition) is 4. The lowest BCUT2D eigenvalue weighted by atomic mass is 9.44. The molecule has 5 rings (SSSR count). The van der Waals surface area contributed by atoms with E-state index in [-0.39, 0.29) is 35.5 Å². The molecule has 4 nitrogen and oxygen atoms in total. The largest absolute Gasteiger partial charge is 0.463 e. The fourth-order valence-electron chi connectivity index (χ4n) is 9.01. The van der Waals surface area contributed by atoms with Crippen molar-refractivity contribution in [3.05, 3.63) is 0 Å². The molecule has 0 amide bonds. The second-order valence-corrected chi connectivity index (χ2v) is 11.2. The smallest absolute Gasteiger partial charge is 0.309 e. The van der Waals surface area contributed by atoms with Crippen LogP contribution in [0.15, 0.2) is 0 Å². The Bertz CT molecular complexity index is 688. The molecule has 0 aromatic carbocycles. The monoisotopic (exact) mass is 388 g/mol. The number of esters is 2. The Morgan fingerprint density at radius 1 is 1.04 bits per heavy atom. The fourth-order valence-corrected chi connectivity index (χ4v) is 9.01. The lowest BCUT2D eigenvalue weighted by Gasteiger charge is -2.61. The van der Waals surface area contributed by atoms with Gasteiger partial charge in [-0.15, -0.1) is 0 Å². The highest BCUT2D eigenvalue weighted by Gasteiger charge is 2.66. The van der Waals surface area contributed by atoms with Crippen molar-refractivity contribution in [1.82, 2.24) is 0 Å². The van der Waals surface area contributed by atoms with Crippen LogP contribution in [-0.4, -0.2) is 24.1 Å². The molecule has 4 aliphatic carbocycles. The van der Waals surface area contributed by atoms with E-state index < -0.39 is 0 Å². The third-order valence-corrected chi connectivity index (χ3v) is 10.2. The summed E-state index contributed by atoms with van der Waals surface area (Å²) in [5.74, 6) is 3.37. The Labute approximate surface area is 169 Å². The van der Waals surface area contributed by atoms with E-state index in [1.807, 2.05) is 0 Å². The van der Waals surface area contributed by atoms with E-state index in [1.54, 1.807) is 0 Å². The summed E-state index contributed by atoms with van der Waals surface area (Å²) in [6, 6.07) is 0. The number of fused-ring (bicyclic) bond motifs is 7. The normalized spacial score (nSPS) is 54.8. The molecule has 28 heavy (non-hydrogen) atoms. The van der Waals surface area contributed by atoms with Crippen LogP contribution < -0.4 is 0 Å². The van der Waals surface area contributed by atoms with Crippen molar-refractivity contribution in [1.29, 1.82) is 0 Å². The molecule has 0 aromatic heterocycles. The zero-order valence-corrected chi connectivity index (χ0v) is 17.9. The maximum absolute atomic E-state index is 12.2. The van der Waals surface area contributed by atoms with Crippen molar-refractivity contribution in [2.45, 2.75) is 91.3 Å². The van der Waals surface area contributed by atoms with Crippen LogP contribution in [0.5, 0.6) is 0 Å². The van der Waals surface area contributed by atoms with Crippen LogP contribution in [0.25, 0.3) is 0 Å². The van der Waals surface area contributed by atoms with Gasteiger partial charge in [0.2, 0.25) is 0 Å². The van der Waals surface area contributed by atoms with Crippen LogP contribution in [0.2, 0.25) is 0 Å². The van der Waals surface area contributed by atoms with E-state index >= 15 is 0 Å². The average Bonchev–Trinajstić information content (AvgIpc) is 3.08. The van der Waals surface area contributed by atoms with Gasteiger partial charge in [-0.1, -0.05) is 20.8 Å². The van der Waals surface area contributed by atoms with Gasteiger partial charge in [0.15, 0.2) is 0 Å². The second-order valence-electron chi connectivity index (χ2n) is 11.2. The van der Waals surface area contributed by atoms with Gasteiger partial charge in [0, 0.05) is 12.8 Å². The van der Waals surface area contributed by atoms with Gasteiger partial charge in [0.05, 0.1) is 5.92 Å². The van der Waals surface area contributed by atoms with Crippen LogP contribution in [0.3, 0.4) is 0 Å². The van der Waals surface area contributed by atoms with Gasteiger partial charge in [0.25, 0.3) is 0 Å². The first kappa shape index (κ1) is 18.9. The van der Waals surface area contributed by atoms with E-state index in [1.165, 1.54) is 39.0 Å². The van der Waals surface area contributed by atoms with Crippen molar-refractivity contribution >= 4 is 11.9 Å². The molecular weight excluding hydrogens is 352 g/mol. The van der Waals surface area contributed by atoms with Crippen molar-refractivity contribution in [2.24, 2.45) is 46.3 Å². The summed E-state index contributed by atoms with van der Waals surface area (Å²) < 4.78 is 11.4. The lowest BCUT2D eigenvalue weighted by molar-refractivity contribution is -0.160. The highest BCUT2D eigenvalue weighted by molar-refractivity contribution is 5.75. The van der Waals surface area contributed by atoms with E-state index in [0.717, 1.165) is 31.1 Å². The molecule has 10 atom stereocenters.